The summed E-state index contributed by atoms with van der Waals surface area (Å²) < 4.78 is 30.3. The minimum atomic E-state index is -1.95. The lowest BCUT2D eigenvalue weighted by molar-refractivity contribution is -0.121. The standard InChI is InChI=1S/C31H42N4O3Si.C23H32IN3O2Si.C8H11NO.2CH4.H2/c1-9-28(35-17-16-32-30(35)22(2)38-39(7,8)31(3,4)5)27-20-29(37-33-27)25-14-12-23(13-15-25)10-11-24-18-26(19-24)34(6)21-36;1-8-20(19-15-21(28-26-19)17-9-11-18(24)12-10-17)27-14-13-25-22(27)16(2)29-30(6,7)23(3,4)5;1-3-7-4-8(5-7)9(2)6-10;;;/h12-17,20-22,24,26,28H,9,18-19H2,1-8H3;9-16,20H,8H2,1-7H3;1,6-8H,4-5H2,2H3;2*1H4;1H/t22-,24?,26?,28+;16-,20+;;;;/m00..../s1. The van der Waals surface area contributed by atoms with Gasteiger partial charge in [0.1, 0.15) is 35.2 Å². The van der Waals surface area contributed by atoms with Gasteiger partial charge in [-0.3, -0.25) is 9.59 Å². The van der Waals surface area contributed by atoms with Crippen LogP contribution in [0.3, 0.4) is 0 Å². The Hall–Kier alpha value is -5.58. The molecule has 2 aromatic carbocycles. The zero-order valence-electron chi connectivity index (χ0n) is 49.6. The lowest BCUT2D eigenvalue weighted by atomic mass is 9.80. The van der Waals surface area contributed by atoms with Gasteiger partial charge in [-0.25, -0.2) is 9.97 Å². The van der Waals surface area contributed by atoms with E-state index < -0.39 is 16.6 Å². The number of hydrogen-bond donors (Lipinski definition) is 0. The lowest BCUT2D eigenvalue weighted by Crippen LogP contribution is -2.41. The second-order valence-corrected chi connectivity index (χ2v) is 35.0. The monoisotopic (exact) mass is 1250 g/mol. The van der Waals surface area contributed by atoms with Gasteiger partial charge in [0.25, 0.3) is 0 Å². The Kier molecular flexibility index (Phi) is 24.4. The van der Waals surface area contributed by atoms with Crippen LogP contribution in [0.4, 0.5) is 0 Å². The normalized spacial score (nSPS) is 18.3. The smallest absolute Gasteiger partial charge is 0.209 e. The number of terminal acetylenes is 1. The Morgan fingerprint density at radius 3 is 1.44 bits per heavy atom. The van der Waals surface area contributed by atoms with E-state index in [1.165, 1.54) is 3.57 Å². The molecule has 0 unspecified atom stereocenters. The number of rotatable bonds is 18. The molecular weight excluding hydrogens is 1160 g/mol. The molecule has 17 heteroatoms. The van der Waals surface area contributed by atoms with Gasteiger partial charge in [0.05, 0.1) is 12.1 Å². The highest BCUT2D eigenvalue weighted by Gasteiger charge is 2.41. The first kappa shape index (κ1) is 67.9. The summed E-state index contributed by atoms with van der Waals surface area (Å²) in [6, 6.07) is 21.2. The number of imidazole rings is 2. The van der Waals surface area contributed by atoms with Crippen LogP contribution < -0.4 is 0 Å². The summed E-state index contributed by atoms with van der Waals surface area (Å²) in [6.07, 6.45) is 20.0. The van der Waals surface area contributed by atoms with Gasteiger partial charge in [0.2, 0.25) is 12.8 Å². The molecule has 0 saturated heterocycles. The Morgan fingerprint density at radius 2 is 1.09 bits per heavy atom. The van der Waals surface area contributed by atoms with Gasteiger partial charge in [-0.15, -0.1) is 12.3 Å². The maximum Gasteiger partial charge on any atom is 0.209 e. The minimum Gasteiger partial charge on any atom is -0.407 e. The quantitative estimate of drug-likeness (QED) is 0.0353. The maximum absolute atomic E-state index is 10.9. The fourth-order valence-electron chi connectivity index (χ4n) is 9.19. The van der Waals surface area contributed by atoms with E-state index in [0.29, 0.717) is 23.9 Å². The third-order valence-corrected chi connectivity index (χ3v) is 26.4. The summed E-state index contributed by atoms with van der Waals surface area (Å²) in [5.74, 6) is 13.4. The summed E-state index contributed by atoms with van der Waals surface area (Å²) in [5.41, 5.74) is 4.74. The number of carbonyl (C=O) groups excluding carboxylic acids is 2. The van der Waals surface area contributed by atoms with Crippen LogP contribution in [-0.2, 0) is 18.4 Å². The minimum absolute atomic E-state index is 0. The molecular formula is C64H95IN8O6Si2. The van der Waals surface area contributed by atoms with Crippen molar-refractivity contribution in [1.82, 2.24) is 39.2 Å². The van der Waals surface area contributed by atoms with Crippen LogP contribution in [0.15, 0.2) is 94.5 Å². The summed E-state index contributed by atoms with van der Waals surface area (Å²) in [7, 11) is -0.226. The molecule has 2 aliphatic carbocycles. The molecule has 4 heterocycles. The Morgan fingerprint density at radius 1 is 0.704 bits per heavy atom. The Bertz CT molecular complexity index is 3020. The summed E-state index contributed by atoms with van der Waals surface area (Å²) in [6.45, 7) is 31.1. The van der Waals surface area contributed by atoms with Gasteiger partial charge in [0.15, 0.2) is 28.2 Å². The number of nitrogens with zero attached hydrogens (tertiary/aromatic N) is 8. The van der Waals surface area contributed by atoms with Crippen molar-refractivity contribution in [3.8, 4) is 46.8 Å². The number of halogens is 1. The Balaban J connectivity index is 0.000000364. The van der Waals surface area contributed by atoms with E-state index >= 15 is 0 Å². The molecule has 0 spiro atoms. The predicted molar refractivity (Wildman–Crippen MR) is 343 cm³/mol. The highest BCUT2D eigenvalue weighted by atomic mass is 127. The van der Waals surface area contributed by atoms with Gasteiger partial charge < -0.3 is 36.8 Å². The van der Waals surface area contributed by atoms with E-state index in [2.05, 4.69) is 189 Å². The average Bonchev–Trinajstić information content (AvgIpc) is 4.23. The van der Waals surface area contributed by atoms with Gasteiger partial charge in [-0.1, -0.05) is 105 Å². The topological polar surface area (TPSA) is 147 Å². The lowest BCUT2D eigenvalue weighted by Gasteiger charge is -2.38. The second kappa shape index (κ2) is 29.1. The molecule has 2 fully saturated rings. The van der Waals surface area contributed by atoms with Crippen LogP contribution in [0, 0.1) is 39.6 Å². The molecule has 0 bridgehead atoms. The largest absolute Gasteiger partial charge is 0.407 e. The van der Waals surface area contributed by atoms with Crippen LogP contribution in [-0.4, -0.2) is 94.8 Å². The zero-order valence-corrected chi connectivity index (χ0v) is 53.7. The number of benzene rings is 2. The molecule has 0 aliphatic heterocycles. The first-order valence-corrected chi connectivity index (χ1v) is 34.7. The van der Waals surface area contributed by atoms with E-state index in [4.69, 9.17) is 24.3 Å². The highest BCUT2D eigenvalue weighted by Crippen LogP contribution is 2.42. The van der Waals surface area contributed by atoms with Crippen LogP contribution in [0.25, 0.3) is 22.6 Å². The van der Waals surface area contributed by atoms with Crippen molar-refractivity contribution in [2.75, 3.05) is 14.1 Å². The third-order valence-electron chi connectivity index (χ3n) is 16.5. The molecule has 0 radical (unpaired) electrons. The molecule has 14 nitrogen and oxygen atoms in total. The molecule has 4 atom stereocenters. The first-order chi connectivity index (χ1) is 37.2. The number of hydrogen-bond acceptors (Lipinski definition) is 10. The molecule has 81 heavy (non-hydrogen) atoms. The van der Waals surface area contributed by atoms with Crippen molar-refractivity contribution in [3.63, 3.8) is 0 Å². The SMILES string of the molecule is C.C.C#CC1CC(N(C)C=O)C1.CC[C@H](c1cc(-c2ccc(C#CC3CC(N(C)C=O)C3)cc2)on1)n1ccnc1[C@H](C)O[Si](C)(C)C(C)(C)C.CC[C@H](c1cc(-c2ccc(I)cc2)on1)n1ccnc1[C@H](C)O[Si](C)(C)C(C)(C)C.[HH]. The van der Waals surface area contributed by atoms with E-state index in [9.17, 15) is 9.59 Å². The van der Waals surface area contributed by atoms with Crippen molar-refractivity contribution in [3.05, 3.63) is 118 Å². The van der Waals surface area contributed by atoms with Crippen molar-refractivity contribution >= 4 is 52.0 Å². The van der Waals surface area contributed by atoms with Crippen LogP contribution in [0.2, 0.25) is 36.3 Å². The number of carbonyl (C=O) groups is 2. The molecule has 0 N–H and O–H groups in total. The molecule has 6 aromatic rings. The van der Waals surface area contributed by atoms with E-state index in [-0.39, 0.29) is 50.6 Å². The molecule has 4 aromatic heterocycles. The zero-order chi connectivity index (χ0) is 58.0. The fourth-order valence-corrected chi connectivity index (χ4v) is 12.2. The van der Waals surface area contributed by atoms with Gasteiger partial charge >= 0.3 is 0 Å². The second-order valence-electron chi connectivity index (χ2n) is 24.2. The van der Waals surface area contributed by atoms with E-state index in [1.54, 1.807) is 16.8 Å². The van der Waals surface area contributed by atoms with Crippen LogP contribution >= 0.6 is 22.6 Å². The molecule has 2 aliphatic rings. The van der Waals surface area contributed by atoms with Crippen LogP contribution in [0.5, 0.6) is 0 Å². The first-order valence-electron chi connectivity index (χ1n) is 27.8. The fraction of sp³-hybridized carbons (Fsp3) is 0.531. The van der Waals surface area contributed by atoms with Crippen LogP contribution in [0.1, 0.15) is 177 Å². The number of aromatic nitrogens is 6. The van der Waals surface area contributed by atoms with Crippen molar-refractivity contribution < 1.29 is 28.9 Å². The highest BCUT2D eigenvalue weighted by molar-refractivity contribution is 14.1. The van der Waals surface area contributed by atoms with Gasteiger partial charge in [0, 0.05) is 96.6 Å². The molecule has 2 amide bonds. The third kappa shape index (κ3) is 17.0. The number of amides is 2. The van der Waals surface area contributed by atoms with Gasteiger partial charge in [-0.05, 0) is 148 Å². The maximum atomic E-state index is 10.9. The summed E-state index contributed by atoms with van der Waals surface area (Å²) >= 11 is 2.30. The Labute approximate surface area is 502 Å². The van der Waals surface area contributed by atoms with E-state index in [0.717, 1.165) is 103 Å². The van der Waals surface area contributed by atoms with E-state index in [1.807, 2.05) is 68.2 Å². The van der Waals surface area contributed by atoms with Crippen molar-refractivity contribution in [1.29, 1.82) is 0 Å². The summed E-state index contributed by atoms with van der Waals surface area (Å²) in [5, 5.41) is 9.12. The average molecular weight is 1260 g/mol. The molecule has 442 valence electrons. The van der Waals surface area contributed by atoms with Gasteiger partial charge in [-0.2, -0.15) is 0 Å². The van der Waals surface area contributed by atoms with Crippen molar-refractivity contribution in [2.24, 2.45) is 11.8 Å². The van der Waals surface area contributed by atoms with Crippen molar-refractivity contribution in [2.45, 2.75) is 195 Å². The predicted octanol–water partition coefficient (Wildman–Crippen LogP) is 16.1. The molecule has 8 rings (SSSR count). The molecule has 2 saturated carbocycles. The summed E-state index contributed by atoms with van der Waals surface area (Å²) in [4.78, 5) is 33.8.